The third-order valence-corrected chi connectivity index (χ3v) is 17.1. The normalized spacial score (nSPS) is 18.0. The van der Waals surface area contributed by atoms with Crippen LogP contribution in [0.4, 0.5) is 0 Å². The van der Waals surface area contributed by atoms with Crippen molar-refractivity contribution in [2.75, 3.05) is 46.0 Å². The van der Waals surface area contributed by atoms with Gasteiger partial charge in [-0.2, -0.15) is 0 Å². The van der Waals surface area contributed by atoms with E-state index in [0.29, 0.717) is 51.1 Å². The fourth-order valence-electron chi connectivity index (χ4n) is 11.7. The minimum absolute atomic E-state index is 0.0113. The van der Waals surface area contributed by atoms with E-state index in [1.54, 1.807) is 31.2 Å². The maximum atomic E-state index is 14.9. The Hall–Kier alpha value is -7.69. The third-order valence-electron chi connectivity index (χ3n) is 17.1. The molecular weight excluding hydrogens is 1210 g/mol. The number of epoxide rings is 1. The van der Waals surface area contributed by atoms with Crippen molar-refractivity contribution in [3.8, 4) is 0 Å². The number of hydrogen-bond donors (Lipinski definition) is 9. The Balaban J connectivity index is 1.20. The number of hydrogen-bond acceptors (Lipinski definition) is 14. The van der Waals surface area contributed by atoms with Gasteiger partial charge in [0.25, 0.3) is 0 Å². The Labute approximate surface area is 561 Å². The molecule has 0 aliphatic carbocycles. The molecule has 4 aromatic carbocycles. The van der Waals surface area contributed by atoms with Crippen molar-refractivity contribution in [1.82, 2.24) is 47.4 Å². The molecule has 4 aromatic rings. The molecule has 0 spiro atoms. The Bertz CT molecular complexity index is 3100. The Kier molecular flexibility index (Phi) is 30.2. The second kappa shape index (κ2) is 37.6. The highest BCUT2D eigenvalue weighted by atomic mass is 16.6. The van der Waals surface area contributed by atoms with Crippen LogP contribution in [0.2, 0.25) is 0 Å². The molecule has 0 aromatic heterocycles. The zero-order valence-electron chi connectivity index (χ0n) is 57.4. The SMILES string of the molecule is CC(C)CC(NC(=O)[C@H](CCc1ccccc1)NCC(C)(O)C(=O)[C@H](CC(C)C)NC(=O)[C@H](Cc1ccccc1)NC(=O)[C@H](CC(C)C)NC(=O)[C@H](CCc1ccccc1)NC(=O)CN1CCOCC1)C(=O)N[C@@H](Cc1ccccc1)C(=O)N[C@@H](CC(C)C)C(=O)[C@@]1(C)CO1. The topological polar surface area (TPSA) is 295 Å². The quantitative estimate of drug-likeness (QED) is 0.0256. The van der Waals surface area contributed by atoms with E-state index in [1.807, 2.05) is 157 Å². The molecule has 2 unspecified atom stereocenters. The van der Waals surface area contributed by atoms with Crippen molar-refractivity contribution in [3.63, 3.8) is 0 Å². The lowest BCUT2D eigenvalue weighted by Gasteiger charge is -2.32. The molecular formula is C74H105N9O12. The number of ketones is 2. The monoisotopic (exact) mass is 1310 g/mol. The molecule has 21 nitrogen and oxygen atoms in total. The van der Waals surface area contributed by atoms with Gasteiger partial charge < -0.3 is 57.1 Å². The highest BCUT2D eigenvalue weighted by Crippen LogP contribution is 2.30. The Morgan fingerprint density at radius 1 is 0.463 bits per heavy atom. The number of benzene rings is 4. The van der Waals surface area contributed by atoms with Crippen LogP contribution in [0, 0.1) is 23.7 Å². The highest BCUT2D eigenvalue weighted by Gasteiger charge is 2.50. The molecule has 10 atom stereocenters. The van der Waals surface area contributed by atoms with Crippen LogP contribution < -0.4 is 42.5 Å². The summed E-state index contributed by atoms with van der Waals surface area (Å²) in [4.78, 5) is 132. The standard InChI is InChI=1S/C74H105N9O12/c1-48(2)39-58(77-71(91)62(43-54-27-19-13-20-28-54)81-70(90)61(42-51(7)8)80-68(88)57(34-32-53-25-17-12-18-26-53)76-64(84)45-83-35-37-94-38-36-83)65(85)73(9,93)46-75-56(33-31-52-23-15-11-16-24-52)67(87)79-60(41-50(5)6)69(89)82-63(44-55-29-21-14-22-30-55)72(92)78-59(40-49(3)4)66(86)74(10)47-95-74/h11-30,48-51,56-63,75,93H,31-47H2,1-10H3,(H,76,84)(H,77,91)(H,78,92)(H,79,87)(H,80,88)(H,81,90)(H,82,89)/t56-,57-,58-,59-,60?,61-,62-,63-,73?,74+/m0/s1. The van der Waals surface area contributed by atoms with Gasteiger partial charge in [0.05, 0.1) is 44.5 Å². The molecule has 0 bridgehead atoms. The molecule has 0 radical (unpaired) electrons. The lowest BCUT2D eigenvalue weighted by molar-refractivity contribution is -0.141. The molecule has 6 rings (SSSR count). The van der Waals surface area contributed by atoms with E-state index in [1.165, 1.54) is 6.92 Å². The summed E-state index contributed by atoms with van der Waals surface area (Å²) in [5.41, 5.74) is 0.0713. The van der Waals surface area contributed by atoms with Crippen LogP contribution in [0.25, 0.3) is 0 Å². The number of morpholine rings is 1. The predicted octanol–water partition coefficient (Wildman–Crippen LogP) is 5.28. The summed E-state index contributed by atoms with van der Waals surface area (Å²) in [6.45, 7) is 20.2. The van der Waals surface area contributed by atoms with Crippen molar-refractivity contribution >= 4 is 52.9 Å². The van der Waals surface area contributed by atoms with Crippen LogP contribution in [-0.4, -0.2) is 168 Å². The Morgan fingerprint density at radius 2 is 0.800 bits per heavy atom. The molecule has 2 fully saturated rings. The molecule has 7 amide bonds. The van der Waals surface area contributed by atoms with Crippen LogP contribution in [0.15, 0.2) is 121 Å². The summed E-state index contributed by atoms with van der Waals surface area (Å²) in [6, 6.07) is 28.1. The molecule has 518 valence electrons. The van der Waals surface area contributed by atoms with Crippen molar-refractivity contribution in [3.05, 3.63) is 144 Å². The number of aryl methyl sites for hydroxylation is 2. The van der Waals surface area contributed by atoms with E-state index in [-0.39, 0.29) is 93.5 Å². The minimum Gasteiger partial charge on any atom is -0.381 e. The van der Waals surface area contributed by atoms with E-state index in [4.69, 9.17) is 9.47 Å². The van der Waals surface area contributed by atoms with Crippen molar-refractivity contribution in [1.29, 1.82) is 0 Å². The average molecular weight is 1310 g/mol. The van der Waals surface area contributed by atoms with Crippen LogP contribution >= 0.6 is 0 Å². The third kappa shape index (κ3) is 26.1. The maximum absolute atomic E-state index is 14.9. The first-order valence-corrected chi connectivity index (χ1v) is 33.9. The van der Waals surface area contributed by atoms with Gasteiger partial charge in [-0.1, -0.05) is 177 Å². The minimum atomic E-state index is -2.22. The second-order valence-corrected chi connectivity index (χ2v) is 27.8. The smallest absolute Gasteiger partial charge is 0.243 e. The number of carbonyl (C=O) groups is 9. The first kappa shape index (κ1) is 76.3. The lowest BCUT2D eigenvalue weighted by atomic mass is 9.89. The van der Waals surface area contributed by atoms with Crippen molar-refractivity contribution in [2.45, 2.75) is 193 Å². The largest absolute Gasteiger partial charge is 0.381 e. The number of nitrogens with one attached hydrogen (secondary N) is 8. The van der Waals surface area contributed by atoms with Crippen LogP contribution in [0.1, 0.15) is 130 Å². The second-order valence-electron chi connectivity index (χ2n) is 27.8. The van der Waals surface area contributed by atoms with Crippen molar-refractivity contribution in [2.24, 2.45) is 23.7 Å². The van der Waals surface area contributed by atoms with Crippen LogP contribution in [0.3, 0.4) is 0 Å². The molecule has 2 saturated heterocycles. The number of rotatable bonds is 40. The number of amides is 7. The van der Waals surface area contributed by atoms with E-state index < -0.39 is 107 Å². The van der Waals surface area contributed by atoms with Gasteiger partial charge in [-0.25, -0.2) is 0 Å². The molecule has 21 heteroatoms. The number of nitrogens with zero attached hydrogens (tertiary/aromatic N) is 1. The van der Waals surface area contributed by atoms with E-state index in [9.17, 15) is 48.3 Å². The molecule has 95 heavy (non-hydrogen) atoms. The molecule has 0 saturated carbocycles. The summed E-state index contributed by atoms with van der Waals surface area (Å²) in [6.07, 6.45) is 2.09. The van der Waals surface area contributed by atoms with E-state index in [2.05, 4.69) is 42.5 Å². The first-order chi connectivity index (χ1) is 45.2. The Morgan fingerprint density at radius 3 is 1.22 bits per heavy atom. The first-order valence-electron chi connectivity index (χ1n) is 33.9. The average Bonchev–Trinajstić information content (AvgIpc) is 1.72. The van der Waals surface area contributed by atoms with Gasteiger partial charge in [0.15, 0.2) is 11.6 Å². The zero-order chi connectivity index (χ0) is 69.2. The van der Waals surface area contributed by atoms with Gasteiger partial charge >= 0.3 is 0 Å². The van der Waals surface area contributed by atoms with E-state index >= 15 is 0 Å². The summed E-state index contributed by atoms with van der Waals surface area (Å²) in [5, 5.41) is 35.9. The fraction of sp³-hybridized carbons (Fsp3) is 0.554. The van der Waals surface area contributed by atoms with Gasteiger partial charge in [-0.15, -0.1) is 0 Å². The molecule has 9 N–H and O–H groups in total. The zero-order valence-corrected chi connectivity index (χ0v) is 57.4. The fourth-order valence-corrected chi connectivity index (χ4v) is 11.7. The van der Waals surface area contributed by atoms with Gasteiger partial charge in [0.2, 0.25) is 41.4 Å². The molecule has 2 heterocycles. The van der Waals surface area contributed by atoms with Crippen molar-refractivity contribution < 1.29 is 57.7 Å². The van der Waals surface area contributed by atoms with Gasteiger partial charge in [0.1, 0.15) is 41.4 Å². The lowest BCUT2D eigenvalue weighted by Crippen LogP contribution is -2.61. The number of carbonyl (C=O) groups excluding carboxylic acids is 9. The maximum Gasteiger partial charge on any atom is 0.243 e. The van der Waals surface area contributed by atoms with Gasteiger partial charge in [-0.05, 0) is 111 Å². The van der Waals surface area contributed by atoms with E-state index in [0.717, 1.165) is 16.7 Å². The molecule has 2 aliphatic rings. The number of ether oxygens (including phenoxy) is 2. The summed E-state index contributed by atoms with van der Waals surface area (Å²) >= 11 is 0. The number of Topliss-reactive ketones (excluding diaryl/α,β-unsaturated/α-hetero) is 2. The van der Waals surface area contributed by atoms with Gasteiger partial charge in [0, 0.05) is 32.5 Å². The predicted molar refractivity (Wildman–Crippen MR) is 365 cm³/mol. The summed E-state index contributed by atoms with van der Waals surface area (Å²) in [7, 11) is 0. The summed E-state index contributed by atoms with van der Waals surface area (Å²) in [5.74, 6) is -5.50. The van der Waals surface area contributed by atoms with Crippen LogP contribution in [0.5, 0.6) is 0 Å². The highest BCUT2D eigenvalue weighted by molar-refractivity contribution is 6.00. The van der Waals surface area contributed by atoms with Crippen LogP contribution in [-0.2, 0) is 78.3 Å². The molecule has 2 aliphatic heterocycles. The number of aliphatic hydroxyl groups is 1. The van der Waals surface area contributed by atoms with Gasteiger partial charge in [-0.3, -0.25) is 48.1 Å². The summed E-state index contributed by atoms with van der Waals surface area (Å²) < 4.78 is 10.9.